The zero-order valence-electron chi connectivity index (χ0n) is 11.9. The summed E-state index contributed by atoms with van der Waals surface area (Å²) in [4.78, 5) is 11.6. The van der Waals surface area contributed by atoms with E-state index < -0.39 is 0 Å². The molecule has 0 spiro atoms. The van der Waals surface area contributed by atoms with E-state index in [-0.39, 0.29) is 18.6 Å². The maximum absolute atomic E-state index is 11.6. The molecule has 0 fully saturated rings. The smallest absolute Gasteiger partial charge is 0.258 e. The third-order valence-electron chi connectivity index (χ3n) is 3.24. The number of carbonyl (C=O) groups excluding carboxylic acids is 1. The molecule has 1 amide bonds. The first-order chi connectivity index (χ1) is 8.40. The summed E-state index contributed by atoms with van der Waals surface area (Å²) < 4.78 is 5.47. The Balaban J connectivity index is 2.45. The number of benzene rings is 1. The first kappa shape index (κ1) is 14.6. The Morgan fingerprint density at radius 2 is 1.89 bits per heavy atom. The normalized spacial score (nSPS) is 12.3. The van der Waals surface area contributed by atoms with E-state index in [1.165, 1.54) is 11.1 Å². The van der Waals surface area contributed by atoms with Crippen molar-refractivity contribution in [3.05, 3.63) is 29.3 Å². The van der Waals surface area contributed by atoms with Crippen LogP contribution in [-0.4, -0.2) is 18.6 Å². The van der Waals surface area contributed by atoms with Gasteiger partial charge in [0.1, 0.15) is 5.75 Å². The molecule has 1 aromatic carbocycles. The molecule has 1 aromatic rings. The molecular weight excluding hydrogens is 226 g/mol. The van der Waals surface area contributed by atoms with Gasteiger partial charge in [0, 0.05) is 6.04 Å². The second-order valence-corrected chi connectivity index (χ2v) is 5.13. The van der Waals surface area contributed by atoms with E-state index in [0.717, 1.165) is 5.75 Å². The van der Waals surface area contributed by atoms with Crippen LogP contribution in [0.25, 0.3) is 0 Å². The van der Waals surface area contributed by atoms with Gasteiger partial charge in [0.15, 0.2) is 6.61 Å². The van der Waals surface area contributed by atoms with Gasteiger partial charge in [0.25, 0.3) is 5.91 Å². The van der Waals surface area contributed by atoms with Crippen LogP contribution in [0, 0.1) is 19.8 Å². The van der Waals surface area contributed by atoms with Crippen LogP contribution in [0.2, 0.25) is 0 Å². The van der Waals surface area contributed by atoms with Crippen molar-refractivity contribution in [3.63, 3.8) is 0 Å². The molecule has 0 bridgehead atoms. The summed E-state index contributed by atoms with van der Waals surface area (Å²) in [5.41, 5.74) is 2.39. The van der Waals surface area contributed by atoms with Gasteiger partial charge in [-0.2, -0.15) is 0 Å². The molecule has 3 nitrogen and oxygen atoms in total. The van der Waals surface area contributed by atoms with Crippen LogP contribution in [0.5, 0.6) is 5.75 Å². The molecular formula is C15H23NO2. The summed E-state index contributed by atoms with van der Waals surface area (Å²) in [5.74, 6) is 1.09. The first-order valence-corrected chi connectivity index (χ1v) is 6.39. The Hall–Kier alpha value is -1.51. The number of carbonyl (C=O) groups is 1. The van der Waals surface area contributed by atoms with Crippen LogP contribution >= 0.6 is 0 Å². The molecule has 0 radical (unpaired) electrons. The van der Waals surface area contributed by atoms with Gasteiger partial charge < -0.3 is 10.1 Å². The lowest BCUT2D eigenvalue weighted by atomic mass is 10.1. The quantitative estimate of drug-likeness (QED) is 0.871. The predicted molar refractivity (Wildman–Crippen MR) is 73.9 cm³/mol. The number of ether oxygens (including phenoxy) is 1. The molecule has 0 saturated carbocycles. The Morgan fingerprint density at radius 1 is 1.22 bits per heavy atom. The van der Waals surface area contributed by atoms with Crippen molar-refractivity contribution in [1.29, 1.82) is 0 Å². The van der Waals surface area contributed by atoms with E-state index in [0.29, 0.717) is 5.92 Å². The molecule has 1 atom stereocenters. The average Bonchev–Trinajstić information content (AvgIpc) is 2.30. The fourth-order valence-corrected chi connectivity index (χ4v) is 1.41. The summed E-state index contributed by atoms with van der Waals surface area (Å²) in [6.45, 7) is 10.3. The van der Waals surface area contributed by atoms with Gasteiger partial charge in [-0.3, -0.25) is 4.79 Å². The molecule has 1 N–H and O–H groups in total. The average molecular weight is 249 g/mol. The highest BCUT2D eigenvalue weighted by Gasteiger charge is 2.11. The number of rotatable bonds is 5. The van der Waals surface area contributed by atoms with E-state index >= 15 is 0 Å². The highest BCUT2D eigenvalue weighted by atomic mass is 16.5. The van der Waals surface area contributed by atoms with E-state index in [1.807, 2.05) is 32.0 Å². The highest BCUT2D eigenvalue weighted by Crippen LogP contribution is 2.16. The fraction of sp³-hybridized carbons (Fsp3) is 0.533. The Morgan fingerprint density at radius 3 is 2.44 bits per heavy atom. The Labute approximate surface area is 110 Å². The second-order valence-electron chi connectivity index (χ2n) is 5.13. The van der Waals surface area contributed by atoms with Crippen molar-refractivity contribution in [2.24, 2.45) is 5.92 Å². The van der Waals surface area contributed by atoms with Crippen LogP contribution in [0.1, 0.15) is 31.9 Å². The van der Waals surface area contributed by atoms with Crippen molar-refractivity contribution in [2.75, 3.05) is 6.61 Å². The van der Waals surface area contributed by atoms with Crippen LogP contribution < -0.4 is 10.1 Å². The minimum absolute atomic E-state index is 0.0690. The largest absolute Gasteiger partial charge is 0.484 e. The van der Waals surface area contributed by atoms with Crippen molar-refractivity contribution >= 4 is 5.91 Å². The lowest BCUT2D eigenvalue weighted by Crippen LogP contribution is -2.38. The van der Waals surface area contributed by atoms with Crippen LogP contribution in [0.3, 0.4) is 0 Å². The Bertz CT molecular complexity index is 413. The van der Waals surface area contributed by atoms with Crippen LogP contribution in [0.4, 0.5) is 0 Å². The zero-order chi connectivity index (χ0) is 13.7. The molecule has 18 heavy (non-hydrogen) atoms. The van der Waals surface area contributed by atoms with Crippen molar-refractivity contribution < 1.29 is 9.53 Å². The summed E-state index contributed by atoms with van der Waals surface area (Å²) >= 11 is 0. The molecule has 0 saturated heterocycles. The molecule has 0 aromatic heterocycles. The molecule has 0 aliphatic carbocycles. The van der Waals surface area contributed by atoms with Crippen molar-refractivity contribution in [3.8, 4) is 5.75 Å². The predicted octanol–water partition coefficient (Wildman–Crippen LogP) is 2.84. The van der Waals surface area contributed by atoms with E-state index in [1.54, 1.807) is 0 Å². The van der Waals surface area contributed by atoms with Crippen molar-refractivity contribution in [1.82, 2.24) is 5.32 Å². The third-order valence-corrected chi connectivity index (χ3v) is 3.24. The van der Waals surface area contributed by atoms with Crippen molar-refractivity contribution in [2.45, 2.75) is 40.7 Å². The van der Waals surface area contributed by atoms with E-state index in [4.69, 9.17) is 4.74 Å². The highest BCUT2D eigenvalue weighted by molar-refractivity contribution is 5.77. The first-order valence-electron chi connectivity index (χ1n) is 6.39. The summed E-state index contributed by atoms with van der Waals surface area (Å²) in [5, 5.41) is 2.91. The van der Waals surface area contributed by atoms with Gasteiger partial charge in [-0.25, -0.2) is 0 Å². The summed E-state index contributed by atoms with van der Waals surface area (Å²) in [6, 6.07) is 6.01. The van der Waals surface area contributed by atoms with Gasteiger partial charge in [0.2, 0.25) is 0 Å². The maximum Gasteiger partial charge on any atom is 0.258 e. The van der Waals surface area contributed by atoms with Gasteiger partial charge >= 0.3 is 0 Å². The SMILES string of the molecule is Cc1ccc(OCC(=O)NC(C)C(C)C)cc1C. The topological polar surface area (TPSA) is 38.3 Å². The van der Waals surface area contributed by atoms with Gasteiger partial charge in [-0.1, -0.05) is 19.9 Å². The molecule has 0 aliphatic heterocycles. The molecule has 0 aliphatic rings. The van der Waals surface area contributed by atoms with Gasteiger partial charge in [0.05, 0.1) is 0 Å². The number of nitrogens with one attached hydrogen (secondary N) is 1. The molecule has 1 unspecified atom stereocenters. The molecule has 0 heterocycles. The van der Waals surface area contributed by atoms with Crippen LogP contribution in [0.15, 0.2) is 18.2 Å². The molecule has 1 rings (SSSR count). The number of amides is 1. The Kier molecular flexibility index (Phi) is 5.20. The zero-order valence-corrected chi connectivity index (χ0v) is 11.9. The fourth-order valence-electron chi connectivity index (χ4n) is 1.41. The van der Waals surface area contributed by atoms with E-state index in [2.05, 4.69) is 26.1 Å². The monoisotopic (exact) mass is 249 g/mol. The second kappa shape index (κ2) is 6.43. The van der Waals surface area contributed by atoms with Crippen LogP contribution in [-0.2, 0) is 4.79 Å². The van der Waals surface area contributed by atoms with Gasteiger partial charge in [-0.05, 0) is 49.9 Å². The minimum atomic E-state index is -0.0746. The third kappa shape index (κ3) is 4.40. The maximum atomic E-state index is 11.6. The summed E-state index contributed by atoms with van der Waals surface area (Å²) in [6.07, 6.45) is 0. The standard InChI is InChI=1S/C15H23NO2/c1-10(2)13(5)16-15(17)9-18-14-7-6-11(3)12(4)8-14/h6-8,10,13H,9H2,1-5H3,(H,16,17). The number of hydrogen-bond donors (Lipinski definition) is 1. The van der Waals surface area contributed by atoms with E-state index in [9.17, 15) is 4.79 Å². The lowest BCUT2D eigenvalue weighted by molar-refractivity contribution is -0.124. The number of hydrogen-bond acceptors (Lipinski definition) is 2. The van der Waals surface area contributed by atoms with Gasteiger partial charge in [-0.15, -0.1) is 0 Å². The summed E-state index contributed by atoms with van der Waals surface area (Å²) in [7, 11) is 0. The minimum Gasteiger partial charge on any atom is -0.484 e. The number of aryl methyl sites for hydroxylation is 2. The molecule has 3 heteroatoms. The lowest BCUT2D eigenvalue weighted by Gasteiger charge is -2.17. The molecule has 100 valence electrons.